The number of esters is 1. The Labute approximate surface area is 393 Å². The third kappa shape index (κ3) is 9.09. The highest BCUT2D eigenvalue weighted by atomic mass is 16.7. The van der Waals surface area contributed by atoms with E-state index in [0.29, 0.717) is 37.6 Å². The highest BCUT2D eigenvalue weighted by Crippen LogP contribution is 2.49. The third-order valence-electron chi connectivity index (χ3n) is 13.8. The minimum Gasteiger partial charge on any atom is -0.507 e. The minimum atomic E-state index is -2.13. The molecule has 0 aromatic heterocycles. The highest BCUT2D eigenvalue weighted by molar-refractivity contribution is 6.32. The fraction of sp³-hybridized carbons (Fsp3) is 0.490. The van der Waals surface area contributed by atoms with Crippen LogP contribution in [0.5, 0.6) is 11.5 Å². The van der Waals surface area contributed by atoms with E-state index in [1.165, 1.54) is 53.0 Å². The maximum atomic E-state index is 15.2. The smallest absolute Gasteiger partial charge is 0.312 e. The molecule has 1 amide bonds. The molecule has 5 aliphatic heterocycles. The predicted molar refractivity (Wildman–Crippen MR) is 247 cm³/mol. The van der Waals surface area contributed by atoms with E-state index in [1.807, 2.05) is 9.80 Å². The summed E-state index contributed by atoms with van der Waals surface area (Å²) in [5.41, 5.74) is -0.573. The molecular weight excluding hydrogens is 883 g/mol. The van der Waals surface area contributed by atoms with Crippen molar-refractivity contribution < 1.29 is 63.2 Å². The van der Waals surface area contributed by atoms with Crippen LogP contribution >= 0.6 is 0 Å². The number of anilines is 2. The SMILES string of the molecule is COC1C=COC2(C)Oc3c(C)c(O)c4c(c3C2=O)C(=O)C(N2CCN(c3ccc([N+](=O)[O-])c(N5CC5)c3)CC2)=C(NC(=O)C(C)=CC=CC(C)C(O)C(C)C(O)C(C)C(OC(C)=O)C1C)C4=O. The number of Topliss-reactive ketones (excluding diaryl/α,β-unsaturated/α-hetero) is 3. The summed E-state index contributed by atoms with van der Waals surface area (Å²) in [5, 5.41) is 49.2. The first-order chi connectivity index (χ1) is 32.1. The maximum Gasteiger partial charge on any atom is 0.312 e. The lowest BCUT2D eigenvalue weighted by Gasteiger charge is -2.39. The van der Waals surface area contributed by atoms with Gasteiger partial charge in [0.2, 0.25) is 11.6 Å². The molecule has 0 radical (unpaired) electrons. The number of aliphatic hydroxyl groups is 2. The first-order valence-electron chi connectivity index (χ1n) is 22.7. The zero-order valence-corrected chi connectivity index (χ0v) is 39.6. The molecule has 19 nitrogen and oxygen atoms in total. The van der Waals surface area contributed by atoms with Crippen molar-refractivity contribution in [2.24, 2.45) is 23.7 Å². The Kier molecular flexibility index (Phi) is 13.9. The summed E-state index contributed by atoms with van der Waals surface area (Å²) >= 11 is 0. The van der Waals surface area contributed by atoms with Crippen molar-refractivity contribution in [2.45, 2.75) is 85.6 Å². The molecule has 2 aromatic carbocycles. The monoisotopic (exact) mass is 941 g/mol. The summed E-state index contributed by atoms with van der Waals surface area (Å²) in [6, 6.07) is 4.87. The lowest BCUT2D eigenvalue weighted by atomic mass is 9.78. The molecule has 9 unspecified atom stereocenters. The summed E-state index contributed by atoms with van der Waals surface area (Å²) in [5.74, 6) is -9.56. The molecule has 0 spiro atoms. The van der Waals surface area contributed by atoms with Gasteiger partial charge in [-0.2, -0.15) is 0 Å². The number of ketones is 3. The number of phenols is 1. The number of fused-ring (bicyclic) bond motifs is 14. The number of nitro groups is 1. The van der Waals surface area contributed by atoms with E-state index < -0.39 is 111 Å². The number of aromatic hydroxyl groups is 1. The van der Waals surface area contributed by atoms with Crippen molar-refractivity contribution in [3.8, 4) is 11.5 Å². The molecule has 2 saturated heterocycles. The van der Waals surface area contributed by atoms with Crippen LogP contribution in [0.4, 0.5) is 17.1 Å². The molecule has 8 rings (SSSR count). The summed E-state index contributed by atoms with van der Waals surface area (Å²) < 4.78 is 23.7. The van der Waals surface area contributed by atoms with Crippen LogP contribution in [0.1, 0.15) is 85.1 Å². The van der Waals surface area contributed by atoms with Crippen molar-refractivity contribution in [1.29, 1.82) is 0 Å². The number of aliphatic hydroxyl groups excluding tert-OH is 2. The van der Waals surface area contributed by atoms with E-state index in [1.54, 1.807) is 56.9 Å². The van der Waals surface area contributed by atoms with E-state index >= 15 is 4.79 Å². The molecule has 19 heteroatoms. The number of nitrogens with zero attached hydrogens (tertiary/aromatic N) is 4. The zero-order chi connectivity index (χ0) is 49.7. The van der Waals surface area contributed by atoms with Gasteiger partial charge in [-0.15, -0.1) is 0 Å². The molecule has 2 aromatic rings. The summed E-state index contributed by atoms with van der Waals surface area (Å²) in [7, 11) is 1.42. The van der Waals surface area contributed by atoms with Gasteiger partial charge in [0.15, 0.2) is 0 Å². The average Bonchev–Trinajstić information content (AvgIpc) is 4.13. The molecule has 6 aliphatic rings. The zero-order valence-electron chi connectivity index (χ0n) is 39.6. The fourth-order valence-corrected chi connectivity index (χ4v) is 9.57. The fourth-order valence-electron chi connectivity index (χ4n) is 9.57. The molecule has 4 N–H and O–H groups in total. The number of ether oxygens (including phenoxy) is 4. The van der Waals surface area contributed by atoms with Gasteiger partial charge in [0.25, 0.3) is 17.4 Å². The van der Waals surface area contributed by atoms with Crippen LogP contribution in [-0.4, -0.2) is 131 Å². The molecule has 5 bridgehead atoms. The van der Waals surface area contributed by atoms with E-state index in [9.17, 15) is 44.6 Å². The van der Waals surface area contributed by atoms with Crippen LogP contribution in [0.25, 0.3) is 0 Å². The average molecular weight is 942 g/mol. The number of amides is 1. The van der Waals surface area contributed by atoms with Gasteiger partial charge >= 0.3 is 11.8 Å². The molecule has 68 heavy (non-hydrogen) atoms. The Bertz CT molecular complexity index is 2560. The first kappa shape index (κ1) is 49.3. The van der Waals surface area contributed by atoms with Crippen LogP contribution in [0.2, 0.25) is 0 Å². The summed E-state index contributed by atoms with van der Waals surface area (Å²) in [6.45, 7) is 14.5. The molecular formula is C49H59N5O14. The topological polar surface area (TPSA) is 248 Å². The number of carbonyl (C=O) groups excluding carboxylic acids is 5. The molecule has 1 aliphatic carbocycles. The van der Waals surface area contributed by atoms with Crippen molar-refractivity contribution in [3.63, 3.8) is 0 Å². The van der Waals surface area contributed by atoms with Crippen molar-refractivity contribution in [1.82, 2.24) is 10.2 Å². The van der Waals surface area contributed by atoms with Crippen LogP contribution in [0, 0.1) is 40.7 Å². The van der Waals surface area contributed by atoms with E-state index in [-0.39, 0.29) is 46.9 Å². The van der Waals surface area contributed by atoms with Crippen LogP contribution in [0.15, 0.2) is 65.7 Å². The predicted octanol–water partition coefficient (Wildman–Crippen LogP) is 4.51. The largest absolute Gasteiger partial charge is 0.507 e. The van der Waals surface area contributed by atoms with Crippen molar-refractivity contribution in [3.05, 3.63) is 98.1 Å². The number of methoxy groups -OCH3 is 1. The molecule has 2 fully saturated rings. The van der Waals surface area contributed by atoms with Crippen LogP contribution in [-0.2, 0) is 23.8 Å². The highest BCUT2D eigenvalue weighted by Gasteiger charge is 2.53. The number of rotatable bonds is 6. The van der Waals surface area contributed by atoms with Crippen LogP contribution in [0.3, 0.4) is 0 Å². The normalized spacial score (nSPS) is 29.1. The molecule has 0 saturated carbocycles. The van der Waals surface area contributed by atoms with Gasteiger partial charge in [0, 0.05) is 107 Å². The van der Waals surface area contributed by atoms with Gasteiger partial charge in [0.1, 0.15) is 34.7 Å². The third-order valence-corrected chi connectivity index (χ3v) is 13.8. The Morgan fingerprint density at radius 3 is 2.15 bits per heavy atom. The number of hydrogen-bond donors (Lipinski definition) is 4. The number of piperazine rings is 1. The number of benzene rings is 2. The van der Waals surface area contributed by atoms with Crippen LogP contribution < -0.4 is 19.9 Å². The lowest BCUT2D eigenvalue weighted by Crippen LogP contribution is -2.50. The van der Waals surface area contributed by atoms with E-state index in [4.69, 9.17) is 18.9 Å². The number of phenolic OH excluding ortho intramolecular Hbond substituents is 1. The van der Waals surface area contributed by atoms with Gasteiger partial charge in [-0.25, -0.2) is 0 Å². The number of hydrogen-bond acceptors (Lipinski definition) is 17. The van der Waals surface area contributed by atoms with Gasteiger partial charge < -0.3 is 54.3 Å². The standard InChI is InChI=1S/C49H59N5O14/c1-24-11-10-12-25(2)48(62)50-38-39(53-20-16-51(17-21-53)31-13-14-32(54(63)64)33(23-31)52-18-19-52)44(60)35-36(43(38)59)42(58)29(6)46-37(35)47(61)49(8,68-46)66-22-15-34(65-9)26(3)45(67-30(7)55)28(5)41(57)27(4)40(24)56/h10-15,22-24,26-28,34,40-41,45,56-58H,16-21H2,1-9H3,(H,50,62). The Balaban J connectivity index is 1.31. The number of allylic oxidation sites excluding steroid dienone is 4. The van der Waals surface area contributed by atoms with E-state index in [2.05, 4.69) is 5.32 Å². The van der Waals surface area contributed by atoms with Gasteiger partial charge in [-0.3, -0.25) is 34.1 Å². The first-order valence-corrected chi connectivity index (χ1v) is 22.7. The van der Waals surface area contributed by atoms with Crippen molar-refractivity contribution >= 4 is 46.3 Å². The lowest BCUT2D eigenvalue weighted by molar-refractivity contribution is -0.384. The molecule has 5 heterocycles. The van der Waals surface area contributed by atoms with Gasteiger partial charge in [-0.1, -0.05) is 45.9 Å². The van der Waals surface area contributed by atoms with Crippen molar-refractivity contribution in [2.75, 3.05) is 56.2 Å². The Morgan fingerprint density at radius 2 is 1.53 bits per heavy atom. The molecule has 9 atom stereocenters. The van der Waals surface area contributed by atoms with Gasteiger partial charge in [-0.05, 0) is 32.1 Å². The number of nitro benzene ring substituents is 1. The second kappa shape index (κ2) is 19.2. The second-order valence-corrected chi connectivity index (χ2v) is 18.4. The Hall–Kier alpha value is -6.57. The van der Waals surface area contributed by atoms with Gasteiger partial charge in [0.05, 0.1) is 46.2 Å². The summed E-state index contributed by atoms with van der Waals surface area (Å²) in [6.07, 6.45) is 3.24. The quantitative estimate of drug-likeness (QED) is 0.135. The Morgan fingerprint density at radius 1 is 0.882 bits per heavy atom. The second-order valence-electron chi connectivity index (χ2n) is 18.4. The summed E-state index contributed by atoms with van der Waals surface area (Å²) in [4.78, 5) is 88.0. The maximum absolute atomic E-state index is 15.2. The molecule has 364 valence electrons. The number of carbonyl (C=O) groups is 5. The minimum absolute atomic E-state index is 0.0123. The van der Waals surface area contributed by atoms with E-state index in [0.717, 1.165) is 6.26 Å². The number of nitrogens with one attached hydrogen (secondary N) is 1.